The first-order valence-electron chi connectivity index (χ1n) is 4.76. The highest BCUT2D eigenvalue weighted by atomic mass is 16.3. The topological polar surface area (TPSA) is 36.8 Å². The summed E-state index contributed by atoms with van der Waals surface area (Å²) in [4.78, 5) is 0. The Hall–Kier alpha value is -0.860. The molecule has 72 valence electrons. The van der Waals surface area contributed by atoms with E-state index in [-0.39, 0.29) is 0 Å². The number of aliphatic hydroxyl groups is 1. The Kier molecular flexibility index (Phi) is 3.46. The van der Waals surface area contributed by atoms with Crippen molar-refractivity contribution in [3.8, 4) is 0 Å². The van der Waals surface area contributed by atoms with Gasteiger partial charge in [-0.25, -0.2) is 0 Å². The lowest BCUT2D eigenvalue weighted by Gasteiger charge is -2.21. The summed E-state index contributed by atoms with van der Waals surface area (Å²) in [5.41, 5.74) is 0.275. The molecule has 1 rings (SSSR count). The molecule has 0 aliphatic heterocycles. The average molecular weight is 180 g/mol. The van der Waals surface area contributed by atoms with Crippen molar-refractivity contribution < 1.29 is 10.4 Å². The van der Waals surface area contributed by atoms with Gasteiger partial charge in [0.1, 0.15) is 12.1 Å². The van der Waals surface area contributed by atoms with Crippen molar-refractivity contribution in [3.05, 3.63) is 35.9 Å². The van der Waals surface area contributed by atoms with Crippen LogP contribution in [0.25, 0.3) is 0 Å². The predicted octanol–water partition coefficient (Wildman–Crippen LogP) is 0.477. The Labute approximate surface area is 79.6 Å². The van der Waals surface area contributed by atoms with Crippen LogP contribution in [0.1, 0.15) is 19.4 Å². The first-order valence-corrected chi connectivity index (χ1v) is 4.76. The van der Waals surface area contributed by atoms with Crippen LogP contribution in [-0.2, 0) is 5.60 Å². The molecule has 3 N–H and O–H groups in total. The van der Waals surface area contributed by atoms with E-state index in [0.29, 0.717) is 6.54 Å². The molecule has 1 aromatic carbocycles. The standard InChI is InChI=1S/C11H17NO/c1-3-12-9-11(2,13)10-7-5-4-6-8-10/h4-8,12-13H,3,9H2,1-2H3/p+1. The maximum atomic E-state index is 10.1. The molecule has 0 fully saturated rings. The Morgan fingerprint density at radius 3 is 2.46 bits per heavy atom. The number of nitrogens with two attached hydrogens (primary N) is 1. The van der Waals surface area contributed by atoms with Gasteiger partial charge in [-0.15, -0.1) is 0 Å². The maximum absolute atomic E-state index is 10.1. The largest absolute Gasteiger partial charge is 0.380 e. The molecule has 0 saturated heterocycles. The van der Waals surface area contributed by atoms with Crippen LogP contribution in [0, 0.1) is 0 Å². The lowest BCUT2D eigenvalue weighted by Crippen LogP contribution is -2.86. The molecule has 0 spiro atoms. The molecule has 0 aromatic heterocycles. The molecular formula is C11H18NO+. The molecule has 0 amide bonds. The van der Waals surface area contributed by atoms with Crippen LogP contribution < -0.4 is 5.32 Å². The van der Waals surface area contributed by atoms with E-state index in [0.717, 1.165) is 12.1 Å². The smallest absolute Gasteiger partial charge is 0.135 e. The van der Waals surface area contributed by atoms with Crippen molar-refractivity contribution >= 4 is 0 Å². The monoisotopic (exact) mass is 180 g/mol. The number of hydrogen-bond acceptors (Lipinski definition) is 1. The summed E-state index contributed by atoms with van der Waals surface area (Å²) in [5.74, 6) is 0. The van der Waals surface area contributed by atoms with Gasteiger partial charge in [0.2, 0.25) is 0 Å². The van der Waals surface area contributed by atoms with E-state index in [1.54, 1.807) is 0 Å². The predicted molar refractivity (Wildman–Crippen MR) is 53.3 cm³/mol. The van der Waals surface area contributed by atoms with E-state index in [1.165, 1.54) is 0 Å². The summed E-state index contributed by atoms with van der Waals surface area (Å²) in [5, 5.41) is 12.2. The lowest BCUT2D eigenvalue weighted by molar-refractivity contribution is -0.665. The first kappa shape index (κ1) is 10.2. The molecule has 13 heavy (non-hydrogen) atoms. The van der Waals surface area contributed by atoms with E-state index < -0.39 is 5.60 Å². The zero-order valence-electron chi connectivity index (χ0n) is 8.33. The van der Waals surface area contributed by atoms with Gasteiger partial charge in [0.25, 0.3) is 0 Å². The number of quaternary nitrogens is 1. The Bertz CT molecular complexity index is 244. The number of rotatable bonds is 4. The van der Waals surface area contributed by atoms with Crippen LogP contribution in [0.5, 0.6) is 0 Å². The first-order chi connectivity index (χ1) is 6.17. The van der Waals surface area contributed by atoms with E-state index in [4.69, 9.17) is 0 Å². The summed E-state index contributed by atoms with van der Waals surface area (Å²) in [6.45, 7) is 5.66. The van der Waals surface area contributed by atoms with Crippen molar-refractivity contribution in [2.75, 3.05) is 13.1 Å². The highest BCUT2D eigenvalue weighted by Gasteiger charge is 2.24. The number of hydrogen-bond donors (Lipinski definition) is 2. The summed E-state index contributed by atoms with van der Waals surface area (Å²) in [6, 6.07) is 9.79. The highest BCUT2D eigenvalue weighted by molar-refractivity contribution is 5.21. The van der Waals surface area contributed by atoms with Crippen LogP contribution in [0.3, 0.4) is 0 Å². The van der Waals surface area contributed by atoms with Gasteiger partial charge in [0, 0.05) is 0 Å². The summed E-state index contributed by atoms with van der Waals surface area (Å²) in [6.07, 6.45) is 0. The normalized spacial score (nSPS) is 15.3. The highest BCUT2D eigenvalue weighted by Crippen LogP contribution is 2.17. The summed E-state index contributed by atoms with van der Waals surface area (Å²) in [7, 11) is 0. The van der Waals surface area contributed by atoms with Gasteiger partial charge in [-0.1, -0.05) is 30.3 Å². The average Bonchev–Trinajstić information content (AvgIpc) is 2.16. The van der Waals surface area contributed by atoms with Crippen LogP contribution >= 0.6 is 0 Å². The van der Waals surface area contributed by atoms with Crippen LogP contribution in [0.2, 0.25) is 0 Å². The van der Waals surface area contributed by atoms with Gasteiger partial charge in [-0.05, 0) is 19.4 Å². The summed E-state index contributed by atoms with van der Waals surface area (Å²) < 4.78 is 0. The zero-order chi connectivity index (χ0) is 9.73. The fourth-order valence-electron chi connectivity index (χ4n) is 1.34. The minimum absolute atomic E-state index is 0.711. The van der Waals surface area contributed by atoms with Crippen LogP contribution in [-0.4, -0.2) is 18.2 Å². The van der Waals surface area contributed by atoms with Gasteiger partial charge in [-0.2, -0.15) is 0 Å². The van der Waals surface area contributed by atoms with Crippen LogP contribution in [0.15, 0.2) is 30.3 Å². The minimum Gasteiger partial charge on any atom is -0.380 e. The Morgan fingerprint density at radius 2 is 1.92 bits per heavy atom. The third-order valence-corrected chi connectivity index (χ3v) is 2.23. The van der Waals surface area contributed by atoms with Crippen molar-refractivity contribution in [1.82, 2.24) is 0 Å². The quantitative estimate of drug-likeness (QED) is 0.694. The second kappa shape index (κ2) is 4.40. The van der Waals surface area contributed by atoms with Gasteiger partial charge >= 0.3 is 0 Å². The van der Waals surface area contributed by atoms with Gasteiger partial charge in [0.15, 0.2) is 0 Å². The molecule has 0 radical (unpaired) electrons. The molecule has 0 bridgehead atoms. The lowest BCUT2D eigenvalue weighted by atomic mass is 9.96. The fraction of sp³-hybridized carbons (Fsp3) is 0.455. The number of benzene rings is 1. The van der Waals surface area contributed by atoms with E-state index >= 15 is 0 Å². The third-order valence-electron chi connectivity index (χ3n) is 2.23. The van der Waals surface area contributed by atoms with Crippen molar-refractivity contribution in [2.24, 2.45) is 0 Å². The third kappa shape index (κ3) is 2.83. The van der Waals surface area contributed by atoms with Crippen LogP contribution in [0.4, 0.5) is 0 Å². The summed E-state index contributed by atoms with van der Waals surface area (Å²) >= 11 is 0. The van der Waals surface area contributed by atoms with E-state index in [2.05, 4.69) is 12.2 Å². The molecular weight excluding hydrogens is 162 g/mol. The van der Waals surface area contributed by atoms with E-state index in [1.807, 2.05) is 37.3 Å². The molecule has 0 aliphatic rings. The fourth-order valence-corrected chi connectivity index (χ4v) is 1.34. The molecule has 2 nitrogen and oxygen atoms in total. The van der Waals surface area contributed by atoms with Crippen molar-refractivity contribution in [3.63, 3.8) is 0 Å². The molecule has 1 atom stereocenters. The second-order valence-corrected chi connectivity index (χ2v) is 3.54. The van der Waals surface area contributed by atoms with Gasteiger partial charge < -0.3 is 10.4 Å². The molecule has 2 heteroatoms. The second-order valence-electron chi connectivity index (χ2n) is 3.54. The molecule has 1 aromatic rings. The Balaban J connectivity index is 2.69. The molecule has 1 unspecified atom stereocenters. The molecule has 0 saturated carbocycles. The Morgan fingerprint density at radius 1 is 1.31 bits per heavy atom. The van der Waals surface area contributed by atoms with Gasteiger partial charge in [0.05, 0.1) is 6.54 Å². The van der Waals surface area contributed by atoms with Crippen molar-refractivity contribution in [2.45, 2.75) is 19.4 Å². The van der Waals surface area contributed by atoms with Crippen molar-refractivity contribution in [1.29, 1.82) is 0 Å². The molecule has 0 heterocycles. The molecule has 0 aliphatic carbocycles. The SMILES string of the molecule is CC[NH2+]CC(C)(O)c1ccccc1. The minimum atomic E-state index is -0.711. The maximum Gasteiger partial charge on any atom is 0.135 e. The van der Waals surface area contributed by atoms with Gasteiger partial charge in [-0.3, -0.25) is 0 Å². The number of likely N-dealkylation sites (N-methyl/N-ethyl adjacent to an activating group) is 1. The van der Waals surface area contributed by atoms with E-state index in [9.17, 15) is 5.11 Å². The zero-order valence-corrected chi connectivity index (χ0v) is 8.33.